The Bertz CT molecular complexity index is 1180. The molecule has 0 saturated carbocycles. The van der Waals surface area contributed by atoms with Gasteiger partial charge in [0.25, 0.3) is 0 Å². The Morgan fingerprint density at radius 2 is 1.70 bits per heavy atom. The molecule has 1 saturated heterocycles. The maximum absolute atomic E-state index is 13.7. The van der Waals surface area contributed by atoms with Crippen LogP contribution in [0.1, 0.15) is 46.0 Å². The second kappa shape index (κ2) is 11.9. The zero-order valence-electron chi connectivity index (χ0n) is 21.4. The van der Waals surface area contributed by atoms with Gasteiger partial charge in [0.2, 0.25) is 11.8 Å². The number of nitrogens with one attached hydrogen (secondary N) is 2. The standard InChI is InChI=1S/C27H34N4O6/c1-27(26(37)31-14-12-28-13-15-31,17-19-6-4-5-7-20(19)25(35)36)11-10-23(32)29-21-16-18(24(33)34)8-9-22(21)30(2)3/h4-9,16,28H,10-15,17H2,1-3H3,(H,29,32)(H,33,34)(H,35,36). The van der Waals surface area contributed by atoms with Gasteiger partial charge in [-0.3, -0.25) is 9.59 Å². The van der Waals surface area contributed by atoms with Gasteiger partial charge in [-0.2, -0.15) is 0 Å². The SMILES string of the molecule is CN(C)c1ccc(C(=O)O)cc1NC(=O)CCC(C)(Cc1ccccc1C(=O)O)C(=O)N1CCNCC1. The van der Waals surface area contributed by atoms with Gasteiger partial charge in [-0.1, -0.05) is 25.1 Å². The molecule has 1 aliphatic heterocycles. The summed E-state index contributed by atoms with van der Waals surface area (Å²) in [7, 11) is 3.57. The normalized spacial score (nSPS) is 14.9. The van der Waals surface area contributed by atoms with E-state index in [-0.39, 0.29) is 42.2 Å². The number of aromatic carboxylic acids is 2. The molecule has 1 aliphatic rings. The minimum absolute atomic E-state index is 0.00621. The molecular formula is C27H34N4O6. The lowest BCUT2D eigenvalue weighted by atomic mass is 9.77. The summed E-state index contributed by atoms with van der Waals surface area (Å²) in [5.74, 6) is -2.66. The highest BCUT2D eigenvalue weighted by Crippen LogP contribution is 2.33. The van der Waals surface area contributed by atoms with Crippen molar-refractivity contribution in [3.8, 4) is 0 Å². The second-order valence-corrected chi connectivity index (χ2v) is 9.72. The number of carbonyl (C=O) groups is 4. The van der Waals surface area contributed by atoms with Crippen LogP contribution in [0.25, 0.3) is 0 Å². The molecule has 1 unspecified atom stereocenters. The average molecular weight is 511 g/mol. The summed E-state index contributed by atoms with van der Waals surface area (Å²) < 4.78 is 0. The van der Waals surface area contributed by atoms with Crippen LogP contribution >= 0.6 is 0 Å². The van der Waals surface area contributed by atoms with E-state index in [0.29, 0.717) is 43.1 Å². The first-order valence-corrected chi connectivity index (χ1v) is 12.2. The summed E-state index contributed by atoms with van der Waals surface area (Å²) in [6.07, 6.45) is 0.349. The van der Waals surface area contributed by atoms with Gasteiger partial charge in [-0.15, -0.1) is 0 Å². The van der Waals surface area contributed by atoms with E-state index in [2.05, 4.69) is 10.6 Å². The molecule has 37 heavy (non-hydrogen) atoms. The van der Waals surface area contributed by atoms with Gasteiger partial charge in [-0.05, 0) is 42.7 Å². The number of anilines is 2. The van der Waals surface area contributed by atoms with Gasteiger partial charge in [-0.25, -0.2) is 9.59 Å². The molecule has 198 valence electrons. The highest BCUT2D eigenvalue weighted by atomic mass is 16.4. The van der Waals surface area contributed by atoms with E-state index in [0.717, 1.165) is 0 Å². The van der Waals surface area contributed by atoms with E-state index in [1.807, 2.05) is 0 Å². The highest BCUT2D eigenvalue weighted by molar-refractivity contribution is 5.98. The van der Waals surface area contributed by atoms with E-state index in [1.54, 1.807) is 55.1 Å². The lowest BCUT2D eigenvalue weighted by Crippen LogP contribution is -2.52. The molecule has 0 aliphatic carbocycles. The smallest absolute Gasteiger partial charge is 0.335 e. The Morgan fingerprint density at radius 1 is 1.03 bits per heavy atom. The molecule has 1 heterocycles. The largest absolute Gasteiger partial charge is 0.478 e. The maximum Gasteiger partial charge on any atom is 0.335 e. The number of nitrogens with zero attached hydrogens (tertiary/aromatic N) is 2. The Morgan fingerprint density at radius 3 is 2.32 bits per heavy atom. The van der Waals surface area contributed by atoms with Crippen LogP contribution < -0.4 is 15.5 Å². The third-order valence-electron chi connectivity index (χ3n) is 6.65. The van der Waals surface area contributed by atoms with Gasteiger partial charge < -0.3 is 30.6 Å². The maximum atomic E-state index is 13.7. The van der Waals surface area contributed by atoms with Crippen molar-refractivity contribution in [2.75, 3.05) is 50.5 Å². The monoisotopic (exact) mass is 510 g/mol. The molecule has 10 nitrogen and oxygen atoms in total. The number of rotatable bonds is 10. The predicted octanol–water partition coefficient (Wildman–Crippen LogP) is 2.55. The van der Waals surface area contributed by atoms with Crippen molar-refractivity contribution in [2.24, 2.45) is 5.41 Å². The summed E-state index contributed by atoms with van der Waals surface area (Å²) in [4.78, 5) is 53.5. The van der Waals surface area contributed by atoms with Crippen molar-refractivity contribution >= 4 is 35.1 Å². The molecular weight excluding hydrogens is 476 g/mol. The van der Waals surface area contributed by atoms with Gasteiger partial charge in [0.1, 0.15) is 0 Å². The number of benzene rings is 2. The highest BCUT2D eigenvalue weighted by Gasteiger charge is 2.38. The molecule has 2 aromatic carbocycles. The Labute approximate surface area is 216 Å². The zero-order valence-corrected chi connectivity index (χ0v) is 21.4. The molecule has 10 heteroatoms. The van der Waals surface area contributed by atoms with Crippen LogP contribution in [-0.4, -0.2) is 79.1 Å². The molecule has 0 bridgehead atoms. The number of carboxylic acids is 2. The number of hydrogen-bond donors (Lipinski definition) is 4. The van der Waals surface area contributed by atoms with E-state index in [4.69, 9.17) is 0 Å². The molecule has 0 radical (unpaired) electrons. The first-order valence-electron chi connectivity index (χ1n) is 12.2. The van der Waals surface area contributed by atoms with Gasteiger partial charge in [0.05, 0.1) is 27.9 Å². The third kappa shape index (κ3) is 6.85. The van der Waals surface area contributed by atoms with Gasteiger partial charge >= 0.3 is 11.9 Å². The first-order chi connectivity index (χ1) is 17.5. The molecule has 4 N–H and O–H groups in total. The molecule has 0 spiro atoms. The fraction of sp³-hybridized carbons (Fsp3) is 0.407. The van der Waals surface area contributed by atoms with Crippen molar-refractivity contribution in [1.29, 1.82) is 0 Å². The van der Waals surface area contributed by atoms with Crippen molar-refractivity contribution in [3.63, 3.8) is 0 Å². The van der Waals surface area contributed by atoms with E-state index >= 15 is 0 Å². The molecule has 1 atom stereocenters. The summed E-state index contributed by atoms with van der Waals surface area (Å²) in [6, 6.07) is 11.1. The zero-order chi connectivity index (χ0) is 27.2. The van der Waals surface area contributed by atoms with Crippen molar-refractivity contribution < 1.29 is 29.4 Å². The molecule has 3 rings (SSSR count). The number of carbonyl (C=O) groups excluding carboxylic acids is 2. The van der Waals surface area contributed by atoms with Crippen LogP contribution in [-0.2, 0) is 16.0 Å². The summed E-state index contributed by atoms with van der Waals surface area (Å²) >= 11 is 0. The van der Waals surface area contributed by atoms with Crippen molar-refractivity contribution in [2.45, 2.75) is 26.2 Å². The number of hydrogen-bond acceptors (Lipinski definition) is 6. The molecule has 2 aromatic rings. The van der Waals surface area contributed by atoms with E-state index in [1.165, 1.54) is 18.2 Å². The number of piperazine rings is 1. The Kier molecular flexibility index (Phi) is 8.88. The summed E-state index contributed by atoms with van der Waals surface area (Å²) in [5, 5.41) is 25.0. The van der Waals surface area contributed by atoms with Crippen molar-refractivity contribution in [3.05, 3.63) is 59.2 Å². The molecule has 0 aromatic heterocycles. The molecule has 2 amide bonds. The van der Waals surface area contributed by atoms with Crippen molar-refractivity contribution in [1.82, 2.24) is 10.2 Å². The molecule has 1 fully saturated rings. The predicted molar refractivity (Wildman–Crippen MR) is 140 cm³/mol. The lowest BCUT2D eigenvalue weighted by Gasteiger charge is -2.37. The minimum Gasteiger partial charge on any atom is -0.478 e. The minimum atomic E-state index is -1.10. The Balaban J connectivity index is 1.84. The lowest BCUT2D eigenvalue weighted by molar-refractivity contribution is -0.142. The Hall–Kier alpha value is -3.92. The first kappa shape index (κ1) is 27.7. The fourth-order valence-electron chi connectivity index (χ4n) is 4.59. The van der Waals surface area contributed by atoms with Crippen LogP contribution in [0.3, 0.4) is 0 Å². The second-order valence-electron chi connectivity index (χ2n) is 9.72. The quantitative estimate of drug-likeness (QED) is 0.382. The number of amides is 2. The average Bonchev–Trinajstić information content (AvgIpc) is 2.87. The van der Waals surface area contributed by atoms with Crippen LogP contribution in [0, 0.1) is 5.41 Å². The topological polar surface area (TPSA) is 139 Å². The van der Waals surface area contributed by atoms with Crippen LogP contribution in [0.5, 0.6) is 0 Å². The van der Waals surface area contributed by atoms with E-state index < -0.39 is 17.4 Å². The van der Waals surface area contributed by atoms with E-state index in [9.17, 15) is 29.4 Å². The van der Waals surface area contributed by atoms with Crippen LogP contribution in [0.15, 0.2) is 42.5 Å². The van der Waals surface area contributed by atoms with Crippen LogP contribution in [0.2, 0.25) is 0 Å². The van der Waals surface area contributed by atoms with Gasteiger partial charge in [0, 0.05) is 46.7 Å². The summed E-state index contributed by atoms with van der Waals surface area (Å²) in [6.45, 7) is 4.19. The number of carboxylic acid groups (broad SMARTS) is 2. The third-order valence-corrected chi connectivity index (χ3v) is 6.65. The van der Waals surface area contributed by atoms with Gasteiger partial charge in [0.15, 0.2) is 0 Å². The summed E-state index contributed by atoms with van der Waals surface area (Å²) in [5.41, 5.74) is 0.699. The van der Waals surface area contributed by atoms with Crippen LogP contribution in [0.4, 0.5) is 11.4 Å². The fourth-order valence-corrected chi connectivity index (χ4v) is 4.59.